The number of hydrogen-bond donors (Lipinski definition) is 2. The van der Waals surface area contributed by atoms with Gasteiger partial charge in [-0.2, -0.15) is 0 Å². The van der Waals surface area contributed by atoms with Crippen LogP contribution in [0.3, 0.4) is 0 Å². The van der Waals surface area contributed by atoms with Gasteiger partial charge in [0.2, 0.25) is 0 Å². The zero-order chi connectivity index (χ0) is 10.0. The number of methoxy groups -OCH3 is 1. The van der Waals surface area contributed by atoms with Crippen molar-refractivity contribution < 1.29 is 14.2 Å². The maximum Gasteiger partial charge on any atom is 0.172 e. The lowest BCUT2D eigenvalue weighted by Crippen LogP contribution is -2.00. The van der Waals surface area contributed by atoms with E-state index in [1.54, 1.807) is 0 Å². The van der Waals surface area contributed by atoms with E-state index in [0.29, 0.717) is 5.56 Å². The minimum Gasteiger partial charge on any atom is -0.506 e. The van der Waals surface area contributed by atoms with E-state index in [2.05, 4.69) is 15.9 Å². The third-order valence-corrected chi connectivity index (χ3v) is 2.39. The summed E-state index contributed by atoms with van der Waals surface area (Å²) in [5.74, 6) is -0.650. The summed E-state index contributed by atoms with van der Waals surface area (Å²) in [6.07, 6.45) is 0. The van der Waals surface area contributed by atoms with Crippen molar-refractivity contribution in [3.63, 3.8) is 0 Å². The molecule has 0 aliphatic heterocycles. The number of halogens is 2. The van der Waals surface area contributed by atoms with Gasteiger partial charge in [-0.25, -0.2) is 4.39 Å². The van der Waals surface area contributed by atoms with Crippen LogP contribution in [0.15, 0.2) is 10.5 Å². The third kappa shape index (κ3) is 1.76. The molecule has 0 amide bonds. The largest absolute Gasteiger partial charge is 0.506 e. The molecule has 0 spiro atoms. The topological polar surface area (TPSA) is 55.5 Å². The van der Waals surface area contributed by atoms with Crippen LogP contribution in [0.25, 0.3) is 0 Å². The van der Waals surface area contributed by atoms with Crippen LogP contribution >= 0.6 is 15.9 Å². The first kappa shape index (κ1) is 10.3. The summed E-state index contributed by atoms with van der Waals surface area (Å²) in [6, 6.07) is 1.15. The van der Waals surface area contributed by atoms with Crippen LogP contribution < -0.4 is 10.5 Å². The molecule has 0 saturated heterocycles. The Morgan fingerprint density at radius 3 is 2.77 bits per heavy atom. The molecule has 0 aliphatic carbocycles. The van der Waals surface area contributed by atoms with Crippen molar-refractivity contribution in [1.29, 1.82) is 0 Å². The first-order valence-corrected chi connectivity index (χ1v) is 4.35. The fraction of sp³-hybridized carbons (Fsp3) is 0.250. The first-order valence-electron chi connectivity index (χ1n) is 3.55. The molecule has 3 nitrogen and oxygen atoms in total. The van der Waals surface area contributed by atoms with Crippen LogP contribution in [0.2, 0.25) is 0 Å². The number of aromatic hydroxyl groups is 1. The van der Waals surface area contributed by atoms with Crippen molar-refractivity contribution in [2.24, 2.45) is 5.73 Å². The molecule has 13 heavy (non-hydrogen) atoms. The molecule has 0 heterocycles. The Hall–Kier alpha value is -0.810. The monoisotopic (exact) mass is 249 g/mol. The smallest absolute Gasteiger partial charge is 0.172 e. The van der Waals surface area contributed by atoms with Gasteiger partial charge in [-0.15, -0.1) is 0 Å². The summed E-state index contributed by atoms with van der Waals surface area (Å²) in [5.41, 5.74) is 5.63. The lowest BCUT2D eigenvalue weighted by Gasteiger charge is -2.09. The minimum absolute atomic E-state index is 0.0188. The van der Waals surface area contributed by atoms with E-state index in [0.717, 1.165) is 6.07 Å². The normalized spacial score (nSPS) is 10.2. The molecule has 0 fully saturated rings. The van der Waals surface area contributed by atoms with Crippen molar-refractivity contribution >= 4 is 15.9 Å². The molecule has 5 heteroatoms. The van der Waals surface area contributed by atoms with Crippen LogP contribution in [0.4, 0.5) is 4.39 Å². The van der Waals surface area contributed by atoms with E-state index < -0.39 is 5.82 Å². The summed E-state index contributed by atoms with van der Waals surface area (Å²) < 4.78 is 18.1. The number of rotatable bonds is 2. The fourth-order valence-electron chi connectivity index (χ4n) is 0.983. The fourth-order valence-corrected chi connectivity index (χ4v) is 1.59. The van der Waals surface area contributed by atoms with Gasteiger partial charge in [-0.3, -0.25) is 0 Å². The average Bonchev–Trinajstić information content (AvgIpc) is 2.12. The lowest BCUT2D eigenvalue weighted by atomic mass is 10.2. The van der Waals surface area contributed by atoms with Crippen LogP contribution in [-0.4, -0.2) is 12.2 Å². The Kier molecular flexibility index (Phi) is 3.11. The van der Waals surface area contributed by atoms with Gasteiger partial charge < -0.3 is 15.6 Å². The van der Waals surface area contributed by atoms with E-state index in [4.69, 9.17) is 10.5 Å². The van der Waals surface area contributed by atoms with Crippen LogP contribution in [0, 0.1) is 5.82 Å². The van der Waals surface area contributed by atoms with Gasteiger partial charge in [0.05, 0.1) is 7.11 Å². The summed E-state index contributed by atoms with van der Waals surface area (Å²) in [5, 5.41) is 9.46. The van der Waals surface area contributed by atoms with Crippen molar-refractivity contribution in [2.75, 3.05) is 7.11 Å². The highest BCUT2D eigenvalue weighted by molar-refractivity contribution is 9.10. The Morgan fingerprint density at radius 2 is 2.31 bits per heavy atom. The molecule has 0 atom stereocenters. The van der Waals surface area contributed by atoms with E-state index in [9.17, 15) is 9.50 Å². The second-order valence-corrected chi connectivity index (χ2v) is 3.21. The standard InChI is InChI=1S/C8H9BrFNO2/c1-13-8-5(10)2-4(3-11)7(12)6(8)9/h2,12H,3,11H2,1H3. The molecule has 1 aromatic carbocycles. The number of phenols is 1. The summed E-state index contributed by atoms with van der Waals surface area (Å²) in [7, 11) is 1.32. The van der Waals surface area contributed by atoms with Crippen molar-refractivity contribution in [3.8, 4) is 11.5 Å². The quantitative estimate of drug-likeness (QED) is 0.840. The molecular weight excluding hydrogens is 241 g/mol. The summed E-state index contributed by atoms with van der Waals surface area (Å²) in [4.78, 5) is 0. The van der Waals surface area contributed by atoms with Gasteiger partial charge >= 0.3 is 0 Å². The number of ether oxygens (including phenoxy) is 1. The van der Waals surface area contributed by atoms with Gasteiger partial charge in [-0.05, 0) is 22.0 Å². The third-order valence-electron chi connectivity index (χ3n) is 1.65. The molecule has 0 bridgehead atoms. The molecule has 1 rings (SSSR count). The maximum atomic E-state index is 13.2. The van der Waals surface area contributed by atoms with Crippen molar-refractivity contribution in [2.45, 2.75) is 6.54 Å². The predicted molar refractivity (Wildman–Crippen MR) is 50.2 cm³/mol. The Balaban J connectivity index is 3.37. The molecule has 0 aromatic heterocycles. The van der Waals surface area contributed by atoms with E-state index in [1.807, 2.05) is 0 Å². The SMILES string of the molecule is COc1c(F)cc(CN)c(O)c1Br. The molecule has 0 aliphatic rings. The minimum atomic E-state index is -0.548. The summed E-state index contributed by atoms with van der Waals surface area (Å²) >= 11 is 3.01. The molecule has 0 radical (unpaired) electrons. The number of benzene rings is 1. The Morgan fingerprint density at radius 1 is 1.69 bits per heavy atom. The van der Waals surface area contributed by atoms with Gasteiger partial charge in [0.1, 0.15) is 10.2 Å². The number of hydrogen-bond acceptors (Lipinski definition) is 3. The van der Waals surface area contributed by atoms with Crippen LogP contribution in [0.5, 0.6) is 11.5 Å². The zero-order valence-corrected chi connectivity index (χ0v) is 8.56. The molecular formula is C8H9BrFNO2. The van der Waals surface area contributed by atoms with E-state index in [-0.39, 0.29) is 22.5 Å². The maximum absolute atomic E-state index is 13.2. The highest BCUT2D eigenvalue weighted by Crippen LogP contribution is 2.38. The lowest BCUT2D eigenvalue weighted by molar-refractivity contribution is 0.375. The van der Waals surface area contributed by atoms with Gasteiger partial charge in [-0.1, -0.05) is 0 Å². The number of nitrogens with two attached hydrogens (primary N) is 1. The second-order valence-electron chi connectivity index (χ2n) is 2.42. The molecule has 0 saturated carbocycles. The second kappa shape index (κ2) is 3.93. The van der Waals surface area contributed by atoms with Crippen LogP contribution in [0.1, 0.15) is 5.56 Å². The molecule has 1 aromatic rings. The number of phenolic OH excluding ortho intramolecular Hbond substituents is 1. The first-order chi connectivity index (χ1) is 6.11. The Bertz CT molecular complexity index is 330. The van der Waals surface area contributed by atoms with Gasteiger partial charge in [0, 0.05) is 12.1 Å². The van der Waals surface area contributed by atoms with Gasteiger partial charge in [0.25, 0.3) is 0 Å². The van der Waals surface area contributed by atoms with Crippen molar-refractivity contribution in [1.82, 2.24) is 0 Å². The Labute approximate surface area is 83.4 Å². The molecule has 72 valence electrons. The van der Waals surface area contributed by atoms with Crippen LogP contribution in [-0.2, 0) is 6.54 Å². The van der Waals surface area contributed by atoms with E-state index >= 15 is 0 Å². The molecule has 3 N–H and O–H groups in total. The van der Waals surface area contributed by atoms with Gasteiger partial charge in [0.15, 0.2) is 11.6 Å². The average molecular weight is 250 g/mol. The predicted octanol–water partition coefficient (Wildman–Crippen LogP) is 1.76. The van der Waals surface area contributed by atoms with Crippen molar-refractivity contribution in [3.05, 3.63) is 21.9 Å². The zero-order valence-electron chi connectivity index (χ0n) is 6.97. The molecule has 0 unspecified atom stereocenters. The highest BCUT2D eigenvalue weighted by Gasteiger charge is 2.15. The highest BCUT2D eigenvalue weighted by atomic mass is 79.9. The summed E-state index contributed by atoms with van der Waals surface area (Å²) in [6.45, 7) is 0.0747. The van der Waals surface area contributed by atoms with E-state index in [1.165, 1.54) is 7.11 Å².